The van der Waals surface area contributed by atoms with Gasteiger partial charge in [0.2, 0.25) is 5.91 Å². The van der Waals surface area contributed by atoms with E-state index < -0.39 is 0 Å². The first-order valence-electron chi connectivity index (χ1n) is 8.57. The van der Waals surface area contributed by atoms with E-state index in [1.165, 1.54) is 4.90 Å². The smallest absolute Gasteiger partial charge is 0.254 e. The summed E-state index contributed by atoms with van der Waals surface area (Å²) in [5.41, 5.74) is 3.34. The summed E-state index contributed by atoms with van der Waals surface area (Å²) in [7, 11) is 0. The Morgan fingerprint density at radius 1 is 1.23 bits per heavy atom. The number of pyridine rings is 1. The van der Waals surface area contributed by atoms with Crippen molar-refractivity contribution in [2.75, 3.05) is 19.6 Å². The van der Waals surface area contributed by atoms with Crippen LogP contribution in [0.15, 0.2) is 36.4 Å². The topological polar surface area (TPSA) is 86.1 Å². The number of hydrogen-bond acceptors (Lipinski definition) is 4. The molecule has 0 spiro atoms. The van der Waals surface area contributed by atoms with Crippen LogP contribution >= 0.6 is 0 Å². The minimum atomic E-state index is -0.171. The molecule has 1 aromatic carbocycles. The number of benzene rings is 1. The summed E-state index contributed by atoms with van der Waals surface area (Å²) >= 11 is 0. The first-order valence-corrected chi connectivity index (χ1v) is 8.57. The summed E-state index contributed by atoms with van der Waals surface area (Å²) in [6.45, 7) is 5.16. The third-order valence-electron chi connectivity index (χ3n) is 4.36. The van der Waals surface area contributed by atoms with Crippen LogP contribution in [0.25, 0.3) is 11.3 Å². The minimum absolute atomic E-state index is 0.0805. The Labute approximate surface area is 152 Å². The lowest BCUT2D eigenvalue weighted by Gasteiger charge is -2.26. The highest BCUT2D eigenvalue weighted by Gasteiger charge is 2.22. The molecule has 1 saturated heterocycles. The molecule has 1 fully saturated rings. The molecule has 0 atom stereocenters. The largest absolute Gasteiger partial charge is 0.353 e. The summed E-state index contributed by atoms with van der Waals surface area (Å²) in [5.74, 6) is -0.0574. The molecule has 2 amide bonds. The second-order valence-corrected chi connectivity index (χ2v) is 6.55. The fraction of sp³-hybridized carbons (Fsp3) is 0.300. The highest BCUT2D eigenvalue weighted by atomic mass is 16.2. The predicted molar refractivity (Wildman–Crippen MR) is 97.4 cm³/mol. The van der Waals surface area contributed by atoms with E-state index in [9.17, 15) is 14.9 Å². The van der Waals surface area contributed by atoms with Crippen LogP contribution in [-0.2, 0) is 4.79 Å². The first-order chi connectivity index (χ1) is 12.5. The van der Waals surface area contributed by atoms with Crippen LogP contribution < -0.4 is 5.32 Å². The molecule has 0 unspecified atom stereocenters. The molecule has 1 aliphatic heterocycles. The van der Waals surface area contributed by atoms with Gasteiger partial charge in [0.25, 0.3) is 5.91 Å². The van der Waals surface area contributed by atoms with Crippen molar-refractivity contribution >= 4 is 11.8 Å². The quantitative estimate of drug-likeness (QED) is 0.922. The van der Waals surface area contributed by atoms with Crippen molar-refractivity contribution in [2.24, 2.45) is 0 Å². The van der Waals surface area contributed by atoms with Gasteiger partial charge in [0.15, 0.2) is 0 Å². The molecular weight excluding hydrogens is 328 g/mol. The molecule has 6 nitrogen and oxygen atoms in total. The summed E-state index contributed by atoms with van der Waals surface area (Å²) < 4.78 is 0. The van der Waals surface area contributed by atoms with Crippen molar-refractivity contribution in [1.29, 1.82) is 5.26 Å². The number of carbonyl (C=O) groups is 2. The van der Waals surface area contributed by atoms with Crippen LogP contribution in [0.1, 0.15) is 41.4 Å². The number of amides is 2. The maximum Gasteiger partial charge on any atom is 0.254 e. The van der Waals surface area contributed by atoms with Gasteiger partial charge in [0, 0.05) is 29.9 Å². The van der Waals surface area contributed by atoms with Gasteiger partial charge in [-0.25, -0.2) is 0 Å². The molecule has 3 rings (SSSR count). The molecule has 2 heterocycles. The van der Waals surface area contributed by atoms with Gasteiger partial charge in [0.05, 0.1) is 17.8 Å². The van der Waals surface area contributed by atoms with Gasteiger partial charge in [0.1, 0.15) is 6.07 Å². The Morgan fingerprint density at radius 3 is 2.58 bits per heavy atom. The number of piperazine rings is 1. The van der Waals surface area contributed by atoms with Crippen LogP contribution in [0.3, 0.4) is 0 Å². The maximum absolute atomic E-state index is 12.5. The zero-order valence-corrected chi connectivity index (χ0v) is 14.8. The Morgan fingerprint density at radius 2 is 1.96 bits per heavy atom. The fourth-order valence-corrected chi connectivity index (χ4v) is 2.87. The van der Waals surface area contributed by atoms with Gasteiger partial charge >= 0.3 is 0 Å². The standard InChI is InChI=1S/C20H20N4O2/c1-13(2)17-8-7-16(11-21)19(23-17)14-3-5-15(6-4-14)20(26)24-10-9-22-18(25)12-24/h3-8,13H,9-10,12H2,1-2H3,(H,22,25). The van der Waals surface area contributed by atoms with E-state index in [1.807, 2.05) is 6.07 Å². The van der Waals surface area contributed by atoms with Crippen molar-refractivity contribution in [1.82, 2.24) is 15.2 Å². The number of hydrogen-bond donors (Lipinski definition) is 1. The second kappa shape index (κ2) is 7.36. The number of nitrogens with zero attached hydrogens (tertiary/aromatic N) is 3. The van der Waals surface area contributed by atoms with Gasteiger partial charge in [-0.2, -0.15) is 5.26 Å². The van der Waals surface area contributed by atoms with Crippen molar-refractivity contribution in [3.05, 3.63) is 53.2 Å². The SMILES string of the molecule is CC(C)c1ccc(C#N)c(-c2ccc(C(=O)N3CCNC(=O)C3)cc2)n1. The van der Waals surface area contributed by atoms with Crippen LogP contribution in [0.5, 0.6) is 0 Å². The molecule has 0 bridgehead atoms. The third-order valence-corrected chi connectivity index (χ3v) is 4.36. The lowest BCUT2D eigenvalue weighted by molar-refractivity contribution is -0.123. The number of rotatable bonds is 3. The van der Waals surface area contributed by atoms with E-state index in [4.69, 9.17) is 0 Å². The fourth-order valence-electron chi connectivity index (χ4n) is 2.87. The van der Waals surface area contributed by atoms with E-state index in [2.05, 4.69) is 30.2 Å². The number of aromatic nitrogens is 1. The molecule has 6 heteroatoms. The Hall–Kier alpha value is -3.20. The highest BCUT2D eigenvalue weighted by Crippen LogP contribution is 2.25. The van der Waals surface area contributed by atoms with E-state index in [0.717, 1.165) is 11.3 Å². The van der Waals surface area contributed by atoms with Crippen LogP contribution in [-0.4, -0.2) is 41.3 Å². The molecule has 2 aromatic rings. The first kappa shape index (κ1) is 17.6. The lowest BCUT2D eigenvalue weighted by Crippen LogP contribution is -2.49. The van der Waals surface area contributed by atoms with Gasteiger partial charge in [-0.1, -0.05) is 26.0 Å². The van der Waals surface area contributed by atoms with Crippen LogP contribution in [0.4, 0.5) is 0 Å². The normalized spacial score (nSPS) is 14.1. The van der Waals surface area contributed by atoms with Crippen LogP contribution in [0.2, 0.25) is 0 Å². The Kier molecular flexibility index (Phi) is 4.99. The average molecular weight is 348 g/mol. The Bertz CT molecular complexity index is 882. The minimum Gasteiger partial charge on any atom is -0.353 e. The summed E-state index contributed by atoms with van der Waals surface area (Å²) in [5, 5.41) is 12.1. The van der Waals surface area contributed by atoms with Gasteiger partial charge in [-0.15, -0.1) is 0 Å². The predicted octanol–water partition coefficient (Wildman–Crippen LogP) is 2.32. The van der Waals surface area contributed by atoms with E-state index in [-0.39, 0.29) is 24.3 Å². The number of nitrogens with one attached hydrogen (secondary N) is 1. The molecule has 1 N–H and O–H groups in total. The molecular formula is C20H20N4O2. The second-order valence-electron chi connectivity index (χ2n) is 6.55. The van der Waals surface area contributed by atoms with Gasteiger partial charge in [-0.3, -0.25) is 14.6 Å². The van der Waals surface area contributed by atoms with Crippen molar-refractivity contribution in [3.63, 3.8) is 0 Å². The molecule has 0 aliphatic carbocycles. The Balaban J connectivity index is 1.88. The molecule has 0 saturated carbocycles. The average Bonchev–Trinajstić information content (AvgIpc) is 2.67. The van der Waals surface area contributed by atoms with Crippen molar-refractivity contribution in [3.8, 4) is 17.3 Å². The number of nitriles is 1. The van der Waals surface area contributed by atoms with E-state index in [1.54, 1.807) is 30.3 Å². The molecule has 1 aliphatic rings. The third kappa shape index (κ3) is 3.57. The van der Waals surface area contributed by atoms with E-state index >= 15 is 0 Å². The van der Waals surface area contributed by atoms with E-state index in [0.29, 0.717) is 29.9 Å². The maximum atomic E-state index is 12.5. The zero-order chi connectivity index (χ0) is 18.7. The van der Waals surface area contributed by atoms with Crippen LogP contribution in [0, 0.1) is 11.3 Å². The monoisotopic (exact) mass is 348 g/mol. The summed E-state index contributed by atoms with van der Waals surface area (Å²) in [6, 6.07) is 12.8. The number of carbonyl (C=O) groups excluding carboxylic acids is 2. The van der Waals surface area contributed by atoms with Crippen molar-refractivity contribution < 1.29 is 9.59 Å². The summed E-state index contributed by atoms with van der Waals surface area (Å²) in [4.78, 5) is 30.2. The van der Waals surface area contributed by atoms with Crippen molar-refractivity contribution in [2.45, 2.75) is 19.8 Å². The highest BCUT2D eigenvalue weighted by molar-refractivity contribution is 5.97. The van der Waals surface area contributed by atoms with Gasteiger partial charge < -0.3 is 10.2 Å². The lowest BCUT2D eigenvalue weighted by atomic mass is 10.0. The zero-order valence-electron chi connectivity index (χ0n) is 14.8. The molecule has 132 valence electrons. The molecule has 26 heavy (non-hydrogen) atoms. The molecule has 0 radical (unpaired) electrons. The molecule has 1 aromatic heterocycles. The summed E-state index contributed by atoms with van der Waals surface area (Å²) in [6.07, 6.45) is 0. The van der Waals surface area contributed by atoms with Gasteiger partial charge in [-0.05, 0) is 30.2 Å².